The highest BCUT2D eigenvalue weighted by Crippen LogP contribution is 2.22. The molecule has 19 heavy (non-hydrogen) atoms. The summed E-state index contributed by atoms with van der Waals surface area (Å²) in [5, 5.41) is 0. The minimum atomic E-state index is -0.244. The third-order valence-corrected chi connectivity index (χ3v) is 3.48. The minimum Gasteiger partial charge on any atom is -0.340 e. The molecule has 0 aliphatic carbocycles. The van der Waals surface area contributed by atoms with Crippen molar-refractivity contribution < 1.29 is 4.79 Å². The topological polar surface area (TPSA) is 46.3 Å². The lowest BCUT2D eigenvalue weighted by Crippen LogP contribution is -2.43. The maximum atomic E-state index is 12.5. The van der Waals surface area contributed by atoms with Crippen molar-refractivity contribution >= 4 is 5.91 Å². The third kappa shape index (κ3) is 4.06. The summed E-state index contributed by atoms with van der Waals surface area (Å²) >= 11 is 0. The van der Waals surface area contributed by atoms with Gasteiger partial charge in [-0.3, -0.25) is 4.79 Å². The van der Waals surface area contributed by atoms with Gasteiger partial charge in [0.1, 0.15) is 0 Å². The summed E-state index contributed by atoms with van der Waals surface area (Å²) in [6.45, 7) is 8.90. The van der Waals surface area contributed by atoms with Crippen LogP contribution in [0.5, 0.6) is 0 Å². The monoisotopic (exact) mass is 262 g/mol. The molecule has 0 radical (unpaired) electrons. The van der Waals surface area contributed by atoms with Gasteiger partial charge in [0, 0.05) is 18.6 Å². The molecule has 1 aromatic carbocycles. The first-order valence-electron chi connectivity index (χ1n) is 7.10. The van der Waals surface area contributed by atoms with E-state index < -0.39 is 0 Å². The second kappa shape index (κ2) is 7.29. The first-order chi connectivity index (χ1) is 8.99. The number of hydrogen-bond donors (Lipinski definition) is 1. The van der Waals surface area contributed by atoms with E-state index in [1.54, 1.807) is 0 Å². The molecule has 0 saturated carbocycles. The molecule has 2 unspecified atom stereocenters. The molecule has 1 aromatic rings. The number of carbonyl (C=O) groups excluding carboxylic acids is 1. The molecular weight excluding hydrogens is 236 g/mol. The molecule has 1 amide bonds. The summed E-state index contributed by atoms with van der Waals surface area (Å²) in [6, 6.07) is 9.81. The Morgan fingerprint density at radius 2 is 1.79 bits per heavy atom. The molecule has 3 heteroatoms. The van der Waals surface area contributed by atoms with Crippen LogP contribution in [0.2, 0.25) is 0 Å². The van der Waals surface area contributed by atoms with Crippen LogP contribution in [0.1, 0.15) is 45.7 Å². The quantitative estimate of drug-likeness (QED) is 0.856. The minimum absolute atomic E-state index is 0.146. The van der Waals surface area contributed by atoms with Crippen molar-refractivity contribution in [2.24, 2.45) is 11.7 Å². The summed E-state index contributed by atoms with van der Waals surface area (Å²) in [4.78, 5) is 14.5. The van der Waals surface area contributed by atoms with Crippen LogP contribution in [0.3, 0.4) is 0 Å². The van der Waals surface area contributed by atoms with Gasteiger partial charge >= 0.3 is 0 Å². The molecule has 0 aliphatic heterocycles. The van der Waals surface area contributed by atoms with Gasteiger partial charge in [0.2, 0.25) is 5.91 Å². The SMILES string of the molecule is CCCN(C(=O)C(C)C(N)c1ccccc1)C(C)C. The third-order valence-electron chi connectivity index (χ3n) is 3.48. The Morgan fingerprint density at radius 3 is 2.26 bits per heavy atom. The molecule has 0 fully saturated rings. The van der Waals surface area contributed by atoms with Gasteiger partial charge < -0.3 is 10.6 Å². The fraction of sp³-hybridized carbons (Fsp3) is 0.562. The normalized spacial score (nSPS) is 14.2. The highest BCUT2D eigenvalue weighted by atomic mass is 16.2. The molecule has 106 valence electrons. The lowest BCUT2D eigenvalue weighted by Gasteiger charge is -2.31. The molecule has 0 aromatic heterocycles. The Hall–Kier alpha value is -1.35. The predicted molar refractivity (Wildman–Crippen MR) is 79.7 cm³/mol. The van der Waals surface area contributed by atoms with Crippen LogP contribution >= 0.6 is 0 Å². The molecule has 0 bridgehead atoms. The van der Waals surface area contributed by atoms with Crippen molar-refractivity contribution in [3.05, 3.63) is 35.9 Å². The Bertz CT molecular complexity index is 389. The number of rotatable bonds is 6. The average molecular weight is 262 g/mol. The fourth-order valence-corrected chi connectivity index (χ4v) is 2.24. The van der Waals surface area contributed by atoms with E-state index in [4.69, 9.17) is 5.73 Å². The van der Waals surface area contributed by atoms with Gasteiger partial charge in [-0.2, -0.15) is 0 Å². The summed E-state index contributed by atoms with van der Waals surface area (Å²) in [7, 11) is 0. The van der Waals surface area contributed by atoms with E-state index >= 15 is 0 Å². The standard InChI is InChI=1S/C16H26N2O/c1-5-11-18(12(2)3)16(19)13(4)15(17)14-9-7-6-8-10-14/h6-10,12-13,15H,5,11,17H2,1-4H3. The number of amides is 1. The highest BCUT2D eigenvalue weighted by molar-refractivity contribution is 5.79. The number of nitrogens with zero attached hydrogens (tertiary/aromatic N) is 1. The Morgan fingerprint density at radius 1 is 1.21 bits per heavy atom. The van der Waals surface area contributed by atoms with Crippen LogP contribution < -0.4 is 5.73 Å². The van der Waals surface area contributed by atoms with Gasteiger partial charge in [-0.25, -0.2) is 0 Å². The van der Waals surface area contributed by atoms with Crippen LogP contribution in [0.4, 0.5) is 0 Å². The van der Waals surface area contributed by atoms with Crippen molar-refractivity contribution in [3.63, 3.8) is 0 Å². The van der Waals surface area contributed by atoms with E-state index in [1.165, 1.54) is 0 Å². The van der Waals surface area contributed by atoms with E-state index in [0.717, 1.165) is 18.5 Å². The van der Waals surface area contributed by atoms with Gasteiger partial charge in [0.15, 0.2) is 0 Å². The smallest absolute Gasteiger partial charge is 0.227 e. The number of hydrogen-bond acceptors (Lipinski definition) is 2. The van der Waals surface area contributed by atoms with Gasteiger partial charge in [0.05, 0.1) is 5.92 Å². The second-order valence-corrected chi connectivity index (χ2v) is 5.35. The maximum absolute atomic E-state index is 12.5. The lowest BCUT2D eigenvalue weighted by atomic mass is 9.93. The van der Waals surface area contributed by atoms with Crippen LogP contribution in [0.25, 0.3) is 0 Å². The van der Waals surface area contributed by atoms with Gasteiger partial charge in [-0.05, 0) is 25.8 Å². The Kier molecular flexibility index (Phi) is 6.03. The zero-order chi connectivity index (χ0) is 14.4. The summed E-state index contributed by atoms with van der Waals surface area (Å²) in [6.07, 6.45) is 0.969. The molecule has 0 spiro atoms. The van der Waals surface area contributed by atoms with Crippen molar-refractivity contribution in [2.45, 2.75) is 46.2 Å². The summed E-state index contributed by atoms with van der Waals surface area (Å²) in [5.74, 6) is -0.0513. The van der Waals surface area contributed by atoms with E-state index in [9.17, 15) is 4.79 Å². The van der Waals surface area contributed by atoms with E-state index in [-0.39, 0.29) is 23.9 Å². The van der Waals surface area contributed by atoms with E-state index in [0.29, 0.717) is 0 Å². The fourth-order valence-electron chi connectivity index (χ4n) is 2.24. The first kappa shape index (κ1) is 15.7. The van der Waals surface area contributed by atoms with Gasteiger partial charge in [0.25, 0.3) is 0 Å². The van der Waals surface area contributed by atoms with Gasteiger partial charge in [-0.15, -0.1) is 0 Å². The van der Waals surface area contributed by atoms with Crippen molar-refractivity contribution in [2.75, 3.05) is 6.54 Å². The summed E-state index contributed by atoms with van der Waals surface area (Å²) < 4.78 is 0. The maximum Gasteiger partial charge on any atom is 0.227 e. The van der Waals surface area contributed by atoms with Crippen LogP contribution in [-0.2, 0) is 4.79 Å². The number of benzene rings is 1. The molecule has 2 N–H and O–H groups in total. The van der Waals surface area contributed by atoms with Crippen LogP contribution in [0, 0.1) is 5.92 Å². The lowest BCUT2D eigenvalue weighted by molar-refractivity contribution is -0.137. The molecular formula is C16H26N2O. The Balaban J connectivity index is 2.80. The first-order valence-corrected chi connectivity index (χ1v) is 7.10. The molecule has 0 saturated heterocycles. The Labute approximate surface area is 116 Å². The predicted octanol–water partition coefficient (Wildman–Crippen LogP) is 2.97. The molecule has 2 atom stereocenters. The molecule has 0 heterocycles. The number of nitrogens with two attached hydrogens (primary N) is 1. The van der Waals surface area contributed by atoms with E-state index in [1.807, 2.05) is 56.0 Å². The van der Waals surface area contributed by atoms with E-state index in [2.05, 4.69) is 6.92 Å². The van der Waals surface area contributed by atoms with Crippen molar-refractivity contribution in [1.29, 1.82) is 0 Å². The molecule has 0 aliphatic rings. The van der Waals surface area contributed by atoms with Crippen molar-refractivity contribution in [1.82, 2.24) is 4.90 Å². The van der Waals surface area contributed by atoms with Gasteiger partial charge in [-0.1, -0.05) is 44.2 Å². The largest absolute Gasteiger partial charge is 0.340 e. The second-order valence-electron chi connectivity index (χ2n) is 5.35. The van der Waals surface area contributed by atoms with Crippen LogP contribution in [0.15, 0.2) is 30.3 Å². The van der Waals surface area contributed by atoms with Crippen LogP contribution in [-0.4, -0.2) is 23.4 Å². The average Bonchev–Trinajstić information content (AvgIpc) is 2.43. The highest BCUT2D eigenvalue weighted by Gasteiger charge is 2.27. The molecule has 1 rings (SSSR count). The summed E-state index contributed by atoms with van der Waals surface area (Å²) in [5.41, 5.74) is 7.24. The zero-order valence-electron chi connectivity index (χ0n) is 12.5. The molecule has 3 nitrogen and oxygen atoms in total. The number of carbonyl (C=O) groups is 1. The zero-order valence-corrected chi connectivity index (χ0v) is 12.5. The van der Waals surface area contributed by atoms with Crippen molar-refractivity contribution in [3.8, 4) is 0 Å².